The molecule has 0 saturated carbocycles. The van der Waals surface area contributed by atoms with Crippen molar-refractivity contribution in [2.75, 3.05) is 17.3 Å². The number of aromatic nitrogens is 2. The zero-order valence-corrected chi connectivity index (χ0v) is 11.4. The fourth-order valence-electron chi connectivity index (χ4n) is 1.64. The van der Waals surface area contributed by atoms with Crippen molar-refractivity contribution < 1.29 is 5.11 Å². The maximum absolute atomic E-state index is 9.80. The number of nitrogens with zero attached hydrogens (tertiary/aromatic N) is 2. The van der Waals surface area contributed by atoms with Crippen LogP contribution in [-0.4, -0.2) is 27.7 Å². The highest BCUT2D eigenvalue weighted by Crippen LogP contribution is 2.27. The van der Waals surface area contributed by atoms with Crippen molar-refractivity contribution in [2.24, 2.45) is 11.8 Å². The van der Waals surface area contributed by atoms with E-state index >= 15 is 0 Å². The first kappa shape index (κ1) is 14.7. The van der Waals surface area contributed by atoms with Gasteiger partial charge in [0.05, 0.1) is 6.10 Å². The molecule has 18 heavy (non-hydrogen) atoms. The van der Waals surface area contributed by atoms with Gasteiger partial charge in [0.1, 0.15) is 18.0 Å². The van der Waals surface area contributed by atoms with Gasteiger partial charge in [0, 0.05) is 12.1 Å². The molecular weight excluding hydrogens is 230 g/mol. The van der Waals surface area contributed by atoms with Crippen LogP contribution in [0.3, 0.4) is 0 Å². The van der Waals surface area contributed by atoms with E-state index in [4.69, 9.17) is 5.84 Å². The van der Waals surface area contributed by atoms with Gasteiger partial charge in [-0.05, 0) is 11.8 Å². The number of hydrogen-bond acceptors (Lipinski definition) is 6. The summed E-state index contributed by atoms with van der Waals surface area (Å²) < 4.78 is 0. The molecule has 0 spiro atoms. The third kappa shape index (κ3) is 3.54. The van der Waals surface area contributed by atoms with Crippen LogP contribution in [0.5, 0.6) is 0 Å². The summed E-state index contributed by atoms with van der Waals surface area (Å²) in [6, 6.07) is 0. The first-order valence-corrected chi connectivity index (χ1v) is 6.20. The largest absolute Gasteiger partial charge is 0.391 e. The van der Waals surface area contributed by atoms with Crippen LogP contribution in [0.2, 0.25) is 0 Å². The molecule has 6 nitrogen and oxygen atoms in total. The Hall–Kier alpha value is -1.40. The molecule has 0 aliphatic carbocycles. The van der Waals surface area contributed by atoms with E-state index in [2.05, 4.69) is 20.7 Å². The topological polar surface area (TPSA) is 96.1 Å². The molecule has 6 heteroatoms. The van der Waals surface area contributed by atoms with Gasteiger partial charge < -0.3 is 15.8 Å². The zero-order chi connectivity index (χ0) is 13.7. The smallest absolute Gasteiger partial charge is 0.148 e. The summed E-state index contributed by atoms with van der Waals surface area (Å²) in [6.45, 7) is 8.50. The number of hydrazine groups is 1. The van der Waals surface area contributed by atoms with Gasteiger partial charge in [0.15, 0.2) is 0 Å². The SMILES string of the molecule is CC(C)c1c(NN)ncnc1NCC(O)C(C)C. The fraction of sp³-hybridized carbons (Fsp3) is 0.667. The molecule has 1 heterocycles. The molecule has 1 rings (SSSR count). The molecule has 0 amide bonds. The van der Waals surface area contributed by atoms with E-state index < -0.39 is 6.10 Å². The van der Waals surface area contributed by atoms with Crippen LogP contribution in [0.4, 0.5) is 11.6 Å². The molecule has 1 aromatic rings. The average molecular weight is 253 g/mol. The minimum atomic E-state index is -0.408. The minimum Gasteiger partial charge on any atom is -0.391 e. The summed E-state index contributed by atoms with van der Waals surface area (Å²) in [6.07, 6.45) is 1.04. The summed E-state index contributed by atoms with van der Waals surface area (Å²) >= 11 is 0. The van der Waals surface area contributed by atoms with Crippen LogP contribution >= 0.6 is 0 Å². The van der Waals surface area contributed by atoms with Crippen molar-refractivity contribution in [1.82, 2.24) is 9.97 Å². The Kier molecular flexibility index (Phi) is 5.30. The summed E-state index contributed by atoms with van der Waals surface area (Å²) in [5.41, 5.74) is 3.50. The highest BCUT2D eigenvalue weighted by Gasteiger charge is 2.16. The van der Waals surface area contributed by atoms with Crippen LogP contribution in [0.15, 0.2) is 6.33 Å². The molecule has 0 aromatic carbocycles. The molecule has 0 saturated heterocycles. The average Bonchev–Trinajstić information content (AvgIpc) is 2.34. The Morgan fingerprint density at radius 3 is 2.33 bits per heavy atom. The van der Waals surface area contributed by atoms with Crippen molar-refractivity contribution >= 4 is 11.6 Å². The lowest BCUT2D eigenvalue weighted by Gasteiger charge is -2.19. The molecule has 1 aromatic heterocycles. The lowest BCUT2D eigenvalue weighted by atomic mass is 10.0. The van der Waals surface area contributed by atoms with Crippen LogP contribution in [-0.2, 0) is 0 Å². The second-order valence-corrected chi connectivity index (χ2v) is 4.98. The van der Waals surface area contributed by atoms with Gasteiger partial charge in [0.2, 0.25) is 0 Å². The molecule has 0 aliphatic rings. The third-order valence-corrected chi connectivity index (χ3v) is 2.85. The van der Waals surface area contributed by atoms with Crippen LogP contribution in [0, 0.1) is 5.92 Å². The normalized spacial score (nSPS) is 12.9. The number of nitrogens with two attached hydrogens (primary N) is 1. The van der Waals surface area contributed by atoms with E-state index in [1.807, 2.05) is 27.7 Å². The van der Waals surface area contributed by atoms with Crippen molar-refractivity contribution in [3.8, 4) is 0 Å². The quantitative estimate of drug-likeness (QED) is 0.451. The Morgan fingerprint density at radius 2 is 1.83 bits per heavy atom. The van der Waals surface area contributed by atoms with Crippen LogP contribution < -0.4 is 16.6 Å². The van der Waals surface area contributed by atoms with Gasteiger partial charge in [-0.1, -0.05) is 27.7 Å². The lowest BCUT2D eigenvalue weighted by Crippen LogP contribution is -2.26. The van der Waals surface area contributed by atoms with E-state index in [9.17, 15) is 5.11 Å². The first-order valence-electron chi connectivity index (χ1n) is 6.20. The van der Waals surface area contributed by atoms with Gasteiger partial charge >= 0.3 is 0 Å². The highest BCUT2D eigenvalue weighted by atomic mass is 16.3. The second kappa shape index (κ2) is 6.51. The predicted molar refractivity (Wildman–Crippen MR) is 73.3 cm³/mol. The van der Waals surface area contributed by atoms with Gasteiger partial charge in [-0.2, -0.15) is 0 Å². The molecule has 5 N–H and O–H groups in total. The van der Waals surface area contributed by atoms with E-state index in [1.165, 1.54) is 6.33 Å². The highest BCUT2D eigenvalue weighted by molar-refractivity contribution is 5.58. The molecule has 102 valence electrons. The van der Waals surface area contributed by atoms with E-state index in [0.717, 1.165) is 5.56 Å². The number of aliphatic hydroxyl groups excluding tert-OH is 1. The van der Waals surface area contributed by atoms with Crippen molar-refractivity contribution in [1.29, 1.82) is 0 Å². The summed E-state index contributed by atoms with van der Waals surface area (Å²) in [7, 11) is 0. The lowest BCUT2D eigenvalue weighted by molar-refractivity contribution is 0.138. The van der Waals surface area contributed by atoms with E-state index in [0.29, 0.717) is 18.2 Å². The maximum Gasteiger partial charge on any atom is 0.148 e. The molecule has 0 bridgehead atoms. The minimum absolute atomic E-state index is 0.203. The van der Waals surface area contributed by atoms with Crippen molar-refractivity contribution in [2.45, 2.75) is 39.7 Å². The summed E-state index contributed by atoms with van der Waals surface area (Å²) in [5.74, 6) is 7.21. The number of nitrogen functional groups attached to an aromatic ring is 1. The summed E-state index contributed by atoms with van der Waals surface area (Å²) in [4.78, 5) is 8.30. The number of rotatable bonds is 6. The molecule has 0 aliphatic heterocycles. The number of anilines is 2. The monoisotopic (exact) mass is 253 g/mol. The first-order chi connectivity index (χ1) is 8.47. The fourth-order valence-corrected chi connectivity index (χ4v) is 1.64. The van der Waals surface area contributed by atoms with E-state index in [-0.39, 0.29) is 11.8 Å². The number of aliphatic hydroxyl groups is 1. The van der Waals surface area contributed by atoms with Gasteiger partial charge in [-0.15, -0.1) is 0 Å². The van der Waals surface area contributed by atoms with Gasteiger partial charge in [0.25, 0.3) is 0 Å². The standard InChI is InChI=1S/C12H23N5O/c1-7(2)9(18)5-14-11-10(8(3)4)12(17-13)16-6-15-11/h6-9,18H,5,13H2,1-4H3,(H2,14,15,16,17). The maximum atomic E-state index is 9.80. The molecule has 0 fully saturated rings. The van der Waals surface area contributed by atoms with Crippen molar-refractivity contribution in [3.63, 3.8) is 0 Å². The molecule has 0 radical (unpaired) electrons. The van der Waals surface area contributed by atoms with Gasteiger partial charge in [-0.25, -0.2) is 15.8 Å². The van der Waals surface area contributed by atoms with E-state index in [1.54, 1.807) is 0 Å². The van der Waals surface area contributed by atoms with Gasteiger partial charge in [-0.3, -0.25) is 0 Å². The van der Waals surface area contributed by atoms with Crippen LogP contribution in [0.1, 0.15) is 39.2 Å². The number of hydrogen-bond donors (Lipinski definition) is 4. The molecule has 1 unspecified atom stereocenters. The third-order valence-electron chi connectivity index (χ3n) is 2.85. The Bertz CT molecular complexity index is 381. The molecule has 1 atom stereocenters. The summed E-state index contributed by atoms with van der Waals surface area (Å²) in [5, 5.41) is 13.0. The second-order valence-electron chi connectivity index (χ2n) is 4.98. The number of nitrogens with one attached hydrogen (secondary N) is 2. The van der Waals surface area contributed by atoms with Crippen LogP contribution in [0.25, 0.3) is 0 Å². The van der Waals surface area contributed by atoms with Crippen molar-refractivity contribution in [3.05, 3.63) is 11.9 Å². The predicted octanol–water partition coefficient (Wildman–Crippen LogP) is 1.31. The zero-order valence-electron chi connectivity index (χ0n) is 11.4. The Labute approximate surface area is 108 Å². The Morgan fingerprint density at radius 1 is 1.22 bits per heavy atom. The Balaban J connectivity index is 2.88. The molecular formula is C12H23N5O.